The number of hydrogen-bond acceptors (Lipinski definition) is 2. The summed E-state index contributed by atoms with van der Waals surface area (Å²) in [5.41, 5.74) is 4.32. The first kappa shape index (κ1) is 9.34. The van der Waals surface area contributed by atoms with Crippen molar-refractivity contribution < 1.29 is 0 Å². The van der Waals surface area contributed by atoms with Gasteiger partial charge >= 0.3 is 0 Å². The van der Waals surface area contributed by atoms with E-state index in [2.05, 4.69) is 24.1 Å². The van der Waals surface area contributed by atoms with Gasteiger partial charge in [-0.2, -0.15) is 0 Å². The number of fused-ring (bicyclic) bond motifs is 2. The normalized spacial score (nSPS) is 13.3. The van der Waals surface area contributed by atoms with Crippen molar-refractivity contribution >= 4 is 30.7 Å². The second-order valence-electron chi connectivity index (χ2n) is 3.91. The lowest BCUT2D eigenvalue weighted by Gasteiger charge is -2.36. The summed E-state index contributed by atoms with van der Waals surface area (Å²) in [4.78, 5) is 3.90. The molecule has 1 heterocycles. The van der Waals surface area contributed by atoms with E-state index in [1.165, 1.54) is 0 Å². The Bertz CT molecular complexity index is 443. The fourth-order valence-corrected chi connectivity index (χ4v) is 2.16. The molecular weight excluding hydrogens is 195 g/mol. The van der Waals surface area contributed by atoms with Crippen LogP contribution in [0.15, 0.2) is 48.5 Å². The molecule has 2 aromatic carbocycles. The quantitative estimate of drug-likeness (QED) is 0.611. The molecule has 0 atom stereocenters. The van der Waals surface area contributed by atoms with Crippen molar-refractivity contribution in [2.45, 2.75) is 0 Å². The first-order chi connectivity index (χ1) is 7.79. The Morgan fingerprint density at radius 2 is 1.12 bits per heavy atom. The molecule has 0 fully saturated rings. The summed E-state index contributed by atoms with van der Waals surface area (Å²) >= 11 is 0. The third-order valence-corrected chi connectivity index (χ3v) is 3.01. The van der Waals surface area contributed by atoms with Crippen molar-refractivity contribution in [1.82, 2.24) is 0 Å². The van der Waals surface area contributed by atoms with Crippen molar-refractivity contribution in [1.29, 1.82) is 0 Å². The molecule has 3 heteroatoms. The average Bonchev–Trinajstić information content (AvgIpc) is 2.36. The highest BCUT2D eigenvalue weighted by molar-refractivity contribution is 6.26. The van der Waals surface area contributed by atoms with E-state index in [1.807, 2.05) is 36.4 Å². The molecule has 0 saturated carbocycles. The van der Waals surface area contributed by atoms with E-state index in [9.17, 15) is 0 Å². The van der Waals surface area contributed by atoms with Crippen LogP contribution in [0.5, 0.6) is 0 Å². The van der Waals surface area contributed by atoms with Gasteiger partial charge in [0.2, 0.25) is 7.98 Å². The van der Waals surface area contributed by atoms with Crippen molar-refractivity contribution in [2.24, 2.45) is 0 Å². The second-order valence-corrected chi connectivity index (χ2v) is 3.91. The molecule has 0 amide bonds. The first-order valence-electron chi connectivity index (χ1n) is 5.25. The zero-order valence-electron chi connectivity index (χ0n) is 9.09. The maximum absolute atomic E-state index is 6.13. The van der Waals surface area contributed by atoms with Crippen LogP contribution in [0.3, 0.4) is 0 Å². The van der Waals surface area contributed by atoms with E-state index < -0.39 is 0 Å². The van der Waals surface area contributed by atoms with Gasteiger partial charge in [-0.1, -0.05) is 24.3 Å². The van der Waals surface area contributed by atoms with Gasteiger partial charge < -0.3 is 9.71 Å². The number of anilines is 4. The highest BCUT2D eigenvalue weighted by Gasteiger charge is 2.21. The van der Waals surface area contributed by atoms with Gasteiger partial charge in [0, 0.05) is 7.05 Å². The summed E-state index contributed by atoms with van der Waals surface area (Å²) in [6.07, 6.45) is 0. The Morgan fingerprint density at radius 1 is 0.750 bits per heavy atom. The monoisotopic (exact) mass is 206 g/mol. The molecule has 1 aliphatic rings. The van der Waals surface area contributed by atoms with Crippen molar-refractivity contribution in [3.05, 3.63) is 48.5 Å². The van der Waals surface area contributed by atoms with Crippen molar-refractivity contribution in [2.75, 3.05) is 16.8 Å². The molecule has 2 radical (unpaired) electrons. The predicted molar refractivity (Wildman–Crippen MR) is 68.8 cm³/mol. The van der Waals surface area contributed by atoms with E-state index in [-0.39, 0.29) is 0 Å². The maximum atomic E-state index is 6.13. The Hall–Kier alpha value is -1.90. The summed E-state index contributed by atoms with van der Waals surface area (Å²) in [6, 6.07) is 16.3. The molecule has 76 valence electrons. The molecule has 0 unspecified atom stereocenters. The number of nitrogens with zero attached hydrogens (tertiary/aromatic N) is 2. The summed E-state index contributed by atoms with van der Waals surface area (Å²) < 4.78 is 0. The first-order valence-corrected chi connectivity index (χ1v) is 5.25. The van der Waals surface area contributed by atoms with Crippen LogP contribution in [-0.2, 0) is 0 Å². The second kappa shape index (κ2) is 3.30. The molecule has 0 saturated heterocycles. The van der Waals surface area contributed by atoms with Crippen molar-refractivity contribution in [3.8, 4) is 0 Å². The number of para-hydroxylation sites is 4. The highest BCUT2D eigenvalue weighted by atomic mass is 15.2. The Balaban J connectivity index is 2.26. The standard InChI is InChI=1S/C13H11BN2/c1-15-10-6-2-4-8-12(10)16(14)13-9-5-3-7-11(13)15/h2-9H,1H3. The van der Waals surface area contributed by atoms with E-state index >= 15 is 0 Å². The maximum Gasteiger partial charge on any atom is 0.234 e. The van der Waals surface area contributed by atoms with Crippen LogP contribution in [0.25, 0.3) is 0 Å². The van der Waals surface area contributed by atoms with Crippen LogP contribution in [0, 0.1) is 0 Å². The lowest BCUT2D eigenvalue weighted by atomic mass is 10.0. The highest BCUT2D eigenvalue weighted by Crippen LogP contribution is 2.45. The fraction of sp³-hybridized carbons (Fsp3) is 0.0769. The third kappa shape index (κ3) is 1.15. The lowest BCUT2D eigenvalue weighted by molar-refractivity contribution is 1.16. The van der Waals surface area contributed by atoms with Gasteiger partial charge in [0.15, 0.2) is 0 Å². The van der Waals surface area contributed by atoms with Gasteiger partial charge in [-0.15, -0.1) is 0 Å². The zero-order chi connectivity index (χ0) is 11.1. The number of rotatable bonds is 0. The van der Waals surface area contributed by atoms with Gasteiger partial charge in [-0.25, -0.2) is 0 Å². The molecule has 3 rings (SSSR count). The Kier molecular flexibility index (Phi) is 1.93. The molecule has 1 aliphatic heterocycles. The number of benzene rings is 2. The van der Waals surface area contributed by atoms with Crippen molar-refractivity contribution in [3.63, 3.8) is 0 Å². The van der Waals surface area contributed by atoms with E-state index in [0.29, 0.717) is 0 Å². The smallest absolute Gasteiger partial charge is 0.234 e. The van der Waals surface area contributed by atoms with Gasteiger partial charge in [-0.3, -0.25) is 0 Å². The summed E-state index contributed by atoms with van der Waals surface area (Å²) in [7, 11) is 8.19. The largest absolute Gasteiger partial charge is 0.394 e. The summed E-state index contributed by atoms with van der Waals surface area (Å²) in [5.74, 6) is 0. The van der Waals surface area contributed by atoms with Crippen LogP contribution in [-0.4, -0.2) is 15.0 Å². The number of hydrogen-bond donors (Lipinski definition) is 0. The Morgan fingerprint density at radius 3 is 1.56 bits per heavy atom. The van der Waals surface area contributed by atoms with E-state index in [0.717, 1.165) is 22.7 Å². The molecule has 16 heavy (non-hydrogen) atoms. The minimum Gasteiger partial charge on any atom is -0.394 e. The summed E-state index contributed by atoms with van der Waals surface area (Å²) in [6.45, 7) is 0. The minimum atomic E-state index is 1.03. The molecule has 0 aliphatic carbocycles. The molecule has 2 nitrogen and oxygen atoms in total. The molecule has 0 aromatic heterocycles. The van der Waals surface area contributed by atoms with Gasteiger partial charge in [-0.05, 0) is 24.3 Å². The van der Waals surface area contributed by atoms with Gasteiger partial charge in [0.05, 0.1) is 22.7 Å². The third-order valence-electron chi connectivity index (χ3n) is 3.01. The molecule has 0 N–H and O–H groups in total. The zero-order valence-corrected chi connectivity index (χ0v) is 9.09. The minimum absolute atomic E-state index is 1.03. The fourth-order valence-electron chi connectivity index (χ4n) is 2.16. The molecular formula is C13H11BN2. The van der Waals surface area contributed by atoms with Crippen LogP contribution in [0.4, 0.5) is 22.7 Å². The van der Waals surface area contributed by atoms with Crippen LogP contribution >= 0.6 is 0 Å². The SMILES string of the molecule is [B]N1c2ccccc2N(C)c2ccccc21. The Labute approximate surface area is 96.5 Å². The summed E-state index contributed by atoms with van der Waals surface area (Å²) in [5, 5.41) is 0. The van der Waals surface area contributed by atoms with E-state index in [4.69, 9.17) is 7.98 Å². The van der Waals surface area contributed by atoms with Crippen LogP contribution in [0.2, 0.25) is 0 Å². The average molecular weight is 206 g/mol. The molecule has 0 bridgehead atoms. The van der Waals surface area contributed by atoms with Gasteiger partial charge in [0.1, 0.15) is 0 Å². The molecule has 2 aromatic rings. The van der Waals surface area contributed by atoms with E-state index in [1.54, 1.807) is 4.81 Å². The van der Waals surface area contributed by atoms with Crippen LogP contribution in [0.1, 0.15) is 0 Å². The van der Waals surface area contributed by atoms with Gasteiger partial charge in [0.25, 0.3) is 0 Å². The topological polar surface area (TPSA) is 6.48 Å². The van der Waals surface area contributed by atoms with Crippen LogP contribution < -0.4 is 9.71 Å². The molecule has 0 spiro atoms. The predicted octanol–water partition coefficient (Wildman–Crippen LogP) is 2.99. The lowest BCUT2D eigenvalue weighted by Crippen LogP contribution is -2.24.